The Hall–Kier alpha value is -2.72. The van der Waals surface area contributed by atoms with Crippen LogP contribution in [0.2, 0.25) is 0 Å². The smallest absolute Gasteiger partial charge is 0.387 e. The van der Waals surface area contributed by atoms with Gasteiger partial charge in [-0.2, -0.15) is 13.2 Å². The Kier molecular flexibility index (Phi) is 6.75. The first-order valence-electron chi connectivity index (χ1n) is 10.2. The second kappa shape index (κ2) is 9.03. The van der Waals surface area contributed by atoms with Gasteiger partial charge in [-0.1, -0.05) is 6.07 Å². The van der Waals surface area contributed by atoms with E-state index in [1.807, 2.05) is 0 Å². The third-order valence-corrected chi connectivity index (χ3v) is 5.77. The molecule has 0 saturated carbocycles. The second-order valence-corrected chi connectivity index (χ2v) is 8.10. The lowest BCUT2D eigenvalue weighted by molar-refractivity contribution is -0.138. The fourth-order valence-corrected chi connectivity index (χ4v) is 3.89. The molecule has 1 aromatic carbocycles. The van der Waals surface area contributed by atoms with Crippen molar-refractivity contribution in [1.82, 2.24) is 9.88 Å². The van der Waals surface area contributed by atoms with Gasteiger partial charge in [0.25, 0.3) is 0 Å². The maximum atomic E-state index is 15.6. The first-order valence-corrected chi connectivity index (χ1v) is 10.2. The molecular weight excluding hydrogens is 428 g/mol. The summed E-state index contributed by atoms with van der Waals surface area (Å²) in [7, 11) is 0. The minimum absolute atomic E-state index is 0.00521. The highest BCUT2D eigenvalue weighted by atomic mass is 19.4. The van der Waals surface area contributed by atoms with Crippen molar-refractivity contribution in [2.24, 2.45) is 5.73 Å². The number of carbonyl (C=O) groups excluding carboxylic acids is 1. The largest absolute Gasteiger partial charge is 0.416 e. The molecule has 0 spiro atoms. The fourth-order valence-electron chi connectivity index (χ4n) is 3.89. The molecule has 0 aliphatic carbocycles. The zero-order chi connectivity index (χ0) is 23.7. The molecule has 4 N–H and O–H groups in total. The lowest BCUT2D eigenvalue weighted by Crippen LogP contribution is -2.45. The zero-order valence-electron chi connectivity index (χ0n) is 17.8. The third-order valence-electron chi connectivity index (χ3n) is 5.77. The maximum absolute atomic E-state index is 15.6. The summed E-state index contributed by atoms with van der Waals surface area (Å²) in [5, 5.41) is 12.3. The van der Waals surface area contributed by atoms with Crippen molar-refractivity contribution in [3.63, 3.8) is 0 Å². The SMILES string of the molecule is Cc1ccc(NC(=O)N2CCC(F)(c3ncc([C@@H](O)CN)cc3C)CC2)cc1C(F)(F)F. The summed E-state index contributed by atoms with van der Waals surface area (Å²) in [5.74, 6) is 0. The average molecular weight is 454 g/mol. The summed E-state index contributed by atoms with van der Waals surface area (Å²) >= 11 is 0. The van der Waals surface area contributed by atoms with Crippen molar-refractivity contribution in [3.05, 3.63) is 58.4 Å². The minimum Gasteiger partial charge on any atom is -0.387 e. The topological polar surface area (TPSA) is 91.5 Å². The Bertz CT molecular complexity index is 988. The van der Waals surface area contributed by atoms with Gasteiger partial charge in [-0.05, 0) is 43.2 Å². The molecule has 2 amide bonds. The number of piperidine rings is 1. The molecule has 1 aromatic heterocycles. The second-order valence-electron chi connectivity index (χ2n) is 8.10. The highest BCUT2D eigenvalue weighted by Gasteiger charge is 2.40. The number of aromatic nitrogens is 1. The lowest BCUT2D eigenvalue weighted by Gasteiger charge is -2.36. The van der Waals surface area contributed by atoms with E-state index in [9.17, 15) is 23.1 Å². The van der Waals surface area contributed by atoms with Gasteiger partial charge in [0.15, 0.2) is 5.67 Å². The number of nitrogens with one attached hydrogen (secondary N) is 1. The summed E-state index contributed by atoms with van der Waals surface area (Å²) in [6.45, 7) is 3.23. The van der Waals surface area contributed by atoms with Crippen molar-refractivity contribution in [2.75, 3.05) is 25.0 Å². The van der Waals surface area contributed by atoms with Gasteiger partial charge in [-0.3, -0.25) is 4.98 Å². The van der Waals surface area contributed by atoms with Crippen LogP contribution in [0.5, 0.6) is 0 Å². The van der Waals surface area contributed by atoms with E-state index in [1.54, 1.807) is 13.0 Å². The van der Waals surface area contributed by atoms with Gasteiger partial charge in [0.2, 0.25) is 0 Å². The Labute approximate surface area is 183 Å². The number of rotatable bonds is 4. The summed E-state index contributed by atoms with van der Waals surface area (Å²) < 4.78 is 54.9. The molecule has 1 aliphatic heterocycles. The van der Waals surface area contributed by atoms with Crippen LogP contribution in [0.1, 0.15) is 46.9 Å². The van der Waals surface area contributed by atoms with Gasteiger partial charge >= 0.3 is 12.2 Å². The highest BCUT2D eigenvalue weighted by Crippen LogP contribution is 2.38. The predicted molar refractivity (Wildman–Crippen MR) is 112 cm³/mol. The number of nitrogens with two attached hydrogens (primary N) is 1. The van der Waals surface area contributed by atoms with E-state index in [-0.39, 0.29) is 49.4 Å². The Balaban J connectivity index is 1.67. The van der Waals surface area contributed by atoms with E-state index < -0.39 is 29.5 Å². The first kappa shape index (κ1) is 23.9. The number of halogens is 4. The van der Waals surface area contributed by atoms with Gasteiger partial charge < -0.3 is 21.1 Å². The molecule has 2 aromatic rings. The van der Waals surface area contributed by atoms with Crippen molar-refractivity contribution < 1.29 is 27.5 Å². The van der Waals surface area contributed by atoms with Gasteiger partial charge in [0, 0.05) is 49.9 Å². The average Bonchev–Trinajstić information content (AvgIpc) is 2.73. The molecule has 10 heteroatoms. The Morgan fingerprint density at radius 1 is 1.25 bits per heavy atom. The molecular formula is C22H26F4N4O2. The van der Waals surface area contributed by atoms with E-state index in [0.717, 1.165) is 6.07 Å². The normalized spacial score (nSPS) is 17.2. The monoisotopic (exact) mass is 454 g/mol. The summed E-state index contributed by atoms with van der Waals surface area (Å²) in [6.07, 6.45) is -4.01. The number of hydrogen-bond donors (Lipinski definition) is 3. The molecule has 0 radical (unpaired) electrons. The molecule has 3 rings (SSSR count). The number of benzene rings is 1. The van der Waals surface area contributed by atoms with Crippen LogP contribution in [0.4, 0.5) is 28.0 Å². The number of hydrogen-bond acceptors (Lipinski definition) is 4. The van der Waals surface area contributed by atoms with Gasteiger partial charge in [0.05, 0.1) is 17.4 Å². The molecule has 1 aliphatic rings. The van der Waals surface area contributed by atoms with Crippen LogP contribution in [0.3, 0.4) is 0 Å². The standard InChI is InChI=1S/C22H26F4N4O2/c1-13-3-4-16(10-17(13)22(24,25)26)29-20(32)30-7-5-21(23,6-8-30)19-14(2)9-15(12-28-19)18(31)11-27/h3-4,9-10,12,18,31H,5-8,11,27H2,1-2H3,(H,29,32)/t18-/m0/s1. The molecule has 6 nitrogen and oxygen atoms in total. The van der Waals surface area contributed by atoms with E-state index in [1.165, 1.54) is 30.2 Å². The van der Waals surface area contributed by atoms with Crippen molar-refractivity contribution in [3.8, 4) is 0 Å². The molecule has 1 saturated heterocycles. The molecule has 32 heavy (non-hydrogen) atoms. The maximum Gasteiger partial charge on any atom is 0.416 e. The van der Waals surface area contributed by atoms with Crippen LogP contribution in [0.15, 0.2) is 30.5 Å². The number of aryl methyl sites for hydroxylation is 2. The lowest BCUT2D eigenvalue weighted by atomic mass is 9.87. The van der Waals surface area contributed by atoms with E-state index in [2.05, 4.69) is 10.3 Å². The number of aliphatic hydroxyl groups excluding tert-OH is 1. The Morgan fingerprint density at radius 2 is 1.91 bits per heavy atom. The van der Waals surface area contributed by atoms with Crippen LogP contribution < -0.4 is 11.1 Å². The van der Waals surface area contributed by atoms with Crippen LogP contribution in [-0.4, -0.2) is 40.7 Å². The number of alkyl halides is 4. The molecule has 174 valence electrons. The zero-order valence-corrected chi connectivity index (χ0v) is 17.8. The summed E-state index contributed by atoms with van der Waals surface area (Å²) in [4.78, 5) is 18.1. The summed E-state index contributed by atoms with van der Waals surface area (Å²) in [6, 6.07) is 4.64. The minimum atomic E-state index is -4.52. The van der Waals surface area contributed by atoms with Crippen molar-refractivity contribution in [1.29, 1.82) is 0 Å². The number of nitrogens with zero attached hydrogens (tertiary/aromatic N) is 2. The van der Waals surface area contributed by atoms with E-state index >= 15 is 4.39 Å². The van der Waals surface area contributed by atoms with Gasteiger partial charge in [-0.25, -0.2) is 9.18 Å². The number of carbonyl (C=O) groups is 1. The quantitative estimate of drug-likeness (QED) is 0.604. The van der Waals surface area contributed by atoms with Gasteiger partial charge in [0.1, 0.15) is 0 Å². The highest BCUT2D eigenvalue weighted by molar-refractivity contribution is 5.89. The van der Waals surface area contributed by atoms with Crippen molar-refractivity contribution >= 4 is 11.7 Å². The van der Waals surface area contributed by atoms with Crippen LogP contribution in [0.25, 0.3) is 0 Å². The number of aliphatic hydroxyl groups is 1. The van der Waals surface area contributed by atoms with E-state index in [0.29, 0.717) is 11.1 Å². The molecule has 0 unspecified atom stereocenters. The Morgan fingerprint density at radius 3 is 2.47 bits per heavy atom. The number of pyridine rings is 1. The number of urea groups is 1. The molecule has 2 heterocycles. The summed E-state index contributed by atoms with van der Waals surface area (Å²) in [5.41, 5.74) is 4.29. The molecule has 1 atom stereocenters. The first-order chi connectivity index (χ1) is 14.9. The predicted octanol–water partition coefficient (Wildman–Crippen LogP) is 4.20. The van der Waals surface area contributed by atoms with Crippen LogP contribution in [-0.2, 0) is 11.8 Å². The number of anilines is 1. The fraction of sp³-hybridized carbons (Fsp3) is 0.455. The number of likely N-dealkylation sites (tertiary alicyclic amines) is 1. The van der Waals surface area contributed by atoms with E-state index in [4.69, 9.17) is 5.73 Å². The van der Waals surface area contributed by atoms with Crippen LogP contribution >= 0.6 is 0 Å². The third kappa shape index (κ3) is 5.02. The van der Waals surface area contributed by atoms with Crippen molar-refractivity contribution in [2.45, 2.75) is 44.6 Å². The van der Waals surface area contributed by atoms with Crippen LogP contribution in [0, 0.1) is 13.8 Å². The van der Waals surface area contributed by atoms with Gasteiger partial charge in [-0.15, -0.1) is 0 Å². The molecule has 1 fully saturated rings. The number of amides is 2. The molecule has 0 bridgehead atoms.